The van der Waals surface area contributed by atoms with Crippen molar-refractivity contribution in [2.24, 2.45) is 4.99 Å². The molecule has 1 heterocycles. The van der Waals surface area contributed by atoms with Gasteiger partial charge in [-0.1, -0.05) is 0 Å². The monoisotopic (exact) mass is 229 g/mol. The Morgan fingerprint density at radius 3 is 2.41 bits per heavy atom. The molecule has 0 unspecified atom stereocenters. The Labute approximate surface area is 98.3 Å². The van der Waals surface area contributed by atoms with Crippen molar-refractivity contribution >= 4 is 17.4 Å². The topological polar surface area (TPSA) is 59.6 Å². The van der Waals surface area contributed by atoms with E-state index >= 15 is 0 Å². The molecule has 17 heavy (non-hydrogen) atoms. The number of aliphatic imine (C=N–C) groups is 1. The second kappa shape index (κ2) is 4.33. The molecule has 1 amide bonds. The van der Waals surface area contributed by atoms with Gasteiger partial charge in [0.1, 0.15) is 0 Å². The molecule has 0 spiro atoms. The van der Waals surface area contributed by atoms with E-state index in [1.165, 1.54) is 18.4 Å². The van der Waals surface area contributed by atoms with Crippen molar-refractivity contribution in [2.45, 2.75) is 13.8 Å². The van der Waals surface area contributed by atoms with Crippen molar-refractivity contribution in [3.63, 3.8) is 0 Å². The number of hydrogen-bond donors (Lipinski definition) is 0. The van der Waals surface area contributed by atoms with Crippen LogP contribution in [0.4, 0.5) is 0 Å². The Morgan fingerprint density at radius 1 is 1.24 bits per heavy atom. The van der Waals surface area contributed by atoms with E-state index in [4.69, 9.17) is 4.42 Å². The van der Waals surface area contributed by atoms with Gasteiger partial charge in [0.2, 0.25) is 0 Å². The Bertz CT molecular complexity index is 535. The summed E-state index contributed by atoms with van der Waals surface area (Å²) in [6.45, 7) is 3.51. The van der Waals surface area contributed by atoms with Gasteiger partial charge < -0.3 is 4.42 Å². The molecule has 0 N–H and O–H groups in total. The van der Waals surface area contributed by atoms with E-state index in [0.717, 1.165) is 0 Å². The zero-order chi connectivity index (χ0) is 12.4. The fourth-order valence-corrected chi connectivity index (χ4v) is 1.65. The third-order valence-electron chi connectivity index (χ3n) is 2.41. The molecule has 1 aliphatic rings. The summed E-state index contributed by atoms with van der Waals surface area (Å²) in [7, 11) is 0. The lowest BCUT2D eigenvalue weighted by molar-refractivity contribution is -0.110. The fraction of sp³-hybridized carbons (Fsp3) is 0.154. The van der Waals surface area contributed by atoms with E-state index in [-0.39, 0.29) is 11.5 Å². The molecule has 0 aliphatic heterocycles. The summed E-state index contributed by atoms with van der Waals surface area (Å²) in [5.41, 5.74) is 1.91. The van der Waals surface area contributed by atoms with Crippen molar-refractivity contribution in [1.82, 2.24) is 0 Å². The first kappa shape index (κ1) is 11.3. The van der Waals surface area contributed by atoms with Crippen molar-refractivity contribution in [3.8, 4) is 0 Å². The standard InChI is InChI=1S/C13H11NO3/c1-8-6-10(15)7-9(2)12(8)14-13(16)11-4-3-5-17-11/h3-7H,1-2H3. The first-order chi connectivity index (χ1) is 8.08. The number of carbonyl (C=O) groups excluding carboxylic acids is 2. The van der Waals surface area contributed by atoms with Crippen LogP contribution in [0.5, 0.6) is 0 Å². The molecule has 1 aromatic heterocycles. The predicted octanol–water partition coefficient (Wildman–Crippen LogP) is 2.34. The van der Waals surface area contributed by atoms with Crippen LogP contribution in [0.3, 0.4) is 0 Å². The van der Waals surface area contributed by atoms with Crippen molar-refractivity contribution in [1.29, 1.82) is 0 Å². The molecular formula is C13H11NO3. The molecular weight excluding hydrogens is 218 g/mol. The molecule has 0 atom stereocenters. The number of furan rings is 1. The molecule has 2 rings (SSSR count). The van der Waals surface area contributed by atoms with Crippen LogP contribution < -0.4 is 0 Å². The van der Waals surface area contributed by atoms with Crippen molar-refractivity contribution in [2.75, 3.05) is 0 Å². The maximum Gasteiger partial charge on any atom is 0.313 e. The Kier molecular flexibility index (Phi) is 2.87. The molecule has 86 valence electrons. The molecule has 4 nitrogen and oxygen atoms in total. The summed E-state index contributed by atoms with van der Waals surface area (Å²) in [6, 6.07) is 3.18. The molecule has 1 aromatic rings. The molecule has 0 fully saturated rings. The van der Waals surface area contributed by atoms with E-state index in [2.05, 4.69) is 4.99 Å². The highest BCUT2D eigenvalue weighted by Gasteiger charge is 2.16. The van der Waals surface area contributed by atoms with E-state index in [9.17, 15) is 9.59 Å². The van der Waals surface area contributed by atoms with Gasteiger partial charge in [-0.15, -0.1) is 0 Å². The van der Waals surface area contributed by atoms with Gasteiger partial charge in [0.15, 0.2) is 11.5 Å². The summed E-state index contributed by atoms with van der Waals surface area (Å²) in [5, 5.41) is 0. The molecule has 0 bridgehead atoms. The summed E-state index contributed by atoms with van der Waals surface area (Å²) < 4.78 is 4.97. The first-order valence-corrected chi connectivity index (χ1v) is 5.16. The first-order valence-electron chi connectivity index (χ1n) is 5.16. The fourth-order valence-electron chi connectivity index (χ4n) is 1.65. The zero-order valence-electron chi connectivity index (χ0n) is 9.56. The molecule has 0 radical (unpaired) electrons. The van der Waals surface area contributed by atoms with Crippen LogP contribution in [0.2, 0.25) is 0 Å². The number of carbonyl (C=O) groups is 2. The second-order valence-electron chi connectivity index (χ2n) is 3.80. The van der Waals surface area contributed by atoms with E-state index < -0.39 is 5.91 Å². The summed E-state index contributed by atoms with van der Waals surface area (Å²) >= 11 is 0. The molecule has 0 aromatic carbocycles. The van der Waals surface area contributed by atoms with E-state index in [1.807, 2.05) is 0 Å². The third kappa shape index (κ3) is 2.30. The largest absolute Gasteiger partial charge is 0.459 e. The maximum atomic E-state index is 11.7. The number of hydrogen-bond acceptors (Lipinski definition) is 3. The lowest BCUT2D eigenvalue weighted by Crippen LogP contribution is -2.13. The average molecular weight is 229 g/mol. The van der Waals surface area contributed by atoms with Crippen LogP contribution in [0.25, 0.3) is 0 Å². The highest BCUT2D eigenvalue weighted by Crippen LogP contribution is 2.15. The second-order valence-corrected chi connectivity index (χ2v) is 3.80. The highest BCUT2D eigenvalue weighted by atomic mass is 16.3. The lowest BCUT2D eigenvalue weighted by atomic mass is 9.97. The van der Waals surface area contributed by atoms with Gasteiger partial charge in [-0.05, 0) is 49.3 Å². The quantitative estimate of drug-likeness (QED) is 0.694. The number of rotatable bonds is 1. The van der Waals surface area contributed by atoms with Gasteiger partial charge in [0.25, 0.3) is 0 Å². The van der Waals surface area contributed by atoms with E-state index in [0.29, 0.717) is 16.9 Å². The Balaban J connectivity index is 2.34. The lowest BCUT2D eigenvalue weighted by Gasteiger charge is -2.10. The van der Waals surface area contributed by atoms with Crippen LogP contribution in [-0.2, 0) is 4.79 Å². The Morgan fingerprint density at radius 2 is 1.88 bits per heavy atom. The van der Waals surface area contributed by atoms with Crippen LogP contribution in [0.15, 0.2) is 51.1 Å². The van der Waals surface area contributed by atoms with E-state index in [1.54, 1.807) is 26.0 Å². The van der Waals surface area contributed by atoms with Crippen LogP contribution in [0.1, 0.15) is 24.4 Å². The van der Waals surface area contributed by atoms with Crippen molar-refractivity contribution in [3.05, 3.63) is 47.5 Å². The highest BCUT2D eigenvalue weighted by molar-refractivity contribution is 6.24. The number of amides is 1. The number of allylic oxidation sites excluding steroid dienone is 4. The van der Waals surface area contributed by atoms with Crippen molar-refractivity contribution < 1.29 is 14.0 Å². The SMILES string of the molecule is CC1=CC(=O)C=C(C)C1=NC(=O)c1ccco1. The average Bonchev–Trinajstić information content (AvgIpc) is 2.76. The minimum Gasteiger partial charge on any atom is -0.459 e. The zero-order valence-corrected chi connectivity index (χ0v) is 9.56. The van der Waals surface area contributed by atoms with Gasteiger partial charge >= 0.3 is 5.91 Å². The minimum absolute atomic E-state index is 0.0793. The normalized spacial score (nSPS) is 15.4. The van der Waals surface area contributed by atoms with Crippen LogP contribution in [-0.4, -0.2) is 17.4 Å². The molecule has 1 aliphatic carbocycles. The van der Waals surface area contributed by atoms with Crippen LogP contribution >= 0.6 is 0 Å². The summed E-state index contributed by atoms with van der Waals surface area (Å²) in [6.07, 6.45) is 4.34. The summed E-state index contributed by atoms with van der Waals surface area (Å²) in [5.74, 6) is -0.334. The van der Waals surface area contributed by atoms with Gasteiger partial charge in [-0.25, -0.2) is 4.99 Å². The predicted molar refractivity (Wildman–Crippen MR) is 63.0 cm³/mol. The minimum atomic E-state index is -0.445. The van der Waals surface area contributed by atoms with Crippen LogP contribution in [0, 0.1) is 0 Å². The molecule has 0 saturated heterocycles. The van der Waals surface area contributed by atoms with Gasteiger partial charge in [-0.3, -0.25) is 9.59 Å². The Hall–Kier alpha value is -2.23. The van der Waals surface area contributed by atoms with Gasteiger partial charge in [0.05, 0.1) is 12.0 Å². The maximum absolute atomic E-state index is 11.7. The number of ketones is 1. The van der Waals surface area contributed by atoms with Gasteiger partial charge in [-0.2, -0.15) is 0 Å². The number of nitrogens with zero attached hydrogens (tertiary/aromatic N) is 1. The van der Waals surface area contributed by atoms with Gasteiger partial charge in [0, 0.05) is 0 Å². The smallest absolute Gasteiger partial charge is 0.313 e. The summed E-state index contributed by atoms with van der Waals surface area (Å²) in [4.78, 5) is 26.9. The third-order valence-corrected chi connectivity index (χ3v) is 2.41. The molecule has 0 saturated carbocycles. The molecule has 4 heteroatoms.